The molecule has 1 saturated carbocycles. The number of hydrogen-bond donors (Lipinski definition) is 2. The van der Waals surface area contributed by atoms with Gasteiger partial charge in [0, 0.05) is 12.3 Å². The lowest BCUT2D eigenvalue weighted by molar-refractivity contribution is -0.142. The highest BCUT2D eigenvalue weighted by atomic mass is 16.4. The highest BCUT2D eigenvalue weighted by Crippen LogP contribution is 2.36. The number of carbonyl (C=O) groups excluding carboxylic acids is 1. The van der Waals surface area contributed by atoms with E-state index in [-0.39, 0.29) is 11.8 Å². The SMILES string of the molecule is CC(C(=O)N[C@@H](Cc1ccccc1)C(=O)O)C1CC1. The summed E-state index contributed by atoms with van der Waals surface area (Å²) >= 11 is 0. The first-order valence-electron chi connectivity index (χ1n) is 6.65. The lowest BCUT2D eigenvalue weighted by atomic mass is 10.0. The Kier molecular flexibility index (Phi) is 4.20. The molecule has 0 aromatic heterocycles. The van der Waals surface area contributed by atoms with E-state index in [1.807, 2.05) is 37.3 Å². The minimum absolute atomic E-state index is 0.0855. The van der Waals surface area contributed by atoms with Gasteiger partial charge in [0.2, 0.25) is 5.91 Å². The Hall–Kier alpha value is -1.84. The van der Waals surface area contributed by atoms with Crippen LogP contribution in [-0.2, 0) is 16.0 Å². The molecule has 19 heavy (non-hydrogen) atoms. The van der Waals surface area contributed by atoms with Crippen molar-refractivity contribution >= 4 is 11.9 Å². The summed E-state index contributed by atoms with van der Waals surface area (Å²) < 4.78 is 0. The molecule has 0 saturated heterocycles. The van der Waals surface area contributed by atoms with Crippen LogP contribution in [0, 0.1) is 11.8 Å². The van der Waals surface area contributed by atoms with Gasteiger partial charge in [-0.05, 0) is 24.3 Å². The van der Waals surface area contributed by atoms with Crippen LogP contribution in [0.25, 0.3) is 0 Å². The molecule has 0 aliphatic heterocycles. The second-order valence-corrected chi connectivity index (χ2v) is 5.22. The Labute approximate surface area is 112 Å². The highest BCUT2D eigenvalue weighted by Gasteiger charge is 2.34. The normalized spacial score (nSPS) is 17.5. The predicted molar refractivity (Wildman–Crippen MR) is 71.6 cm³/mol. The van der Waals surface area contributed by atoms with Crippen molar-refractivity contribution in [1.82, 2.24) is 5.32 Å². The van der Waals surface area contributed by atoms with Crippen LogP contribution >= 0.6 is 0 Å². The number of carbonyl (C=O) groups is 2. The first-order chi connectivity index (χ1) is 9.08. The number of rotatable bonds is 6. The van der Waals surface area contributed by atoms with E-state index in [1.54, 1.807) is 0 Å². The predicted octanol–water partition coefficient (Wildman–Crippen LogP) is 1.84. The number of amides is 1. The third-order valence-corrected chi connectivity index (χ3v) is 3.64. The van der Waals surface area contributed by atoms with E-state index in [9.17, 15) is 14.7 Å². The summed E-state index contributed by atoms with van der Waals surface area (Å²) in [6.45, 7) is 1.87. The van der Waals surface area contributed by atoms with Crippen molar-refractivity contribution in [1.29, 1.82) is 0 Å². The summed E-state index contributed by atoms with van der Waals surface area (Å²) in [4.78, 5) is 23.2. The maximum Gasteiger partial charge on any atom is 0.326 e. The van der Waals surface area contributed by atoms with Gasteiger partial charge in [-0.2, -0.15) is 0 Å². The molecule has 1 aliphatic rings. The first kappa shape index (κ1) is 13.6. The molecule has 1 amide bonds. The van der Waals surface area contributed by atoms with Crippen molar-refractivity contribution in [2.75, 3.05) is 0 Å². The van der Waals surface area contributed by atoms with Crippen molar-refractivity contribution < 1.29 is 14.7 Å². The molecular weight excluding hydrogens is 242 g/mol. The number of carboxylic acids is 1. The van der Waals surface area contributed by atoms with Crippen molar-refractivity contribution in [3.63, 3.8) is 0 Å². The smallest absolute Gasteiger partial charge is 0.326 e. The van der Waals surface area contributed by atoms with Gasteiger partial charge in [0.25, 0.3) is 0 Å². The number of nitrogens with one attached hydrogen (secondary N) is 1. The maximum absolute atomic E-state index is 12.0. The van der Waals surface area contributed by atoms with E-state index in [0.29, 0.717) is 12.3 Å². The van der Waals surface area contributed by atoms with Crippen LogP contribution < -0.4 is 5.32 Å². The van der Waals surface area contributed by atoms with Crippen LogP contribution in [0.5, 0.6) is 0 Å². The zero-order valence-corrected chi connectivity index (χ0v) is 11.0. The van der Waals surface area contributed by atoms with Gasteiger partial charge in [0.15, 0.2) is 0 Å². The Morgan fingerprint density at radius 3 is 2.47 bits per heavy atom. The van der Waals surface area contributed by atoms with Crippen LogP contribution in [0.15, 0.2) is 30.3 Å². The zero-order valence-electron chi connectivity index (χ0n) is 11.0. The van der Waals surface area contributed by atoms with E-state index in [0.717, 1.165) is 18.4 Å². The molecule has 102 valence electrons. The van der Waals surface area contributed by atoms with Crippen LogP contribution in [-0.4, -0.2) is 23.0 Å². The molecule has 1 aromatic rings. The third-order valence-electron chi connectivity index (χ3n) is 3.64. The molecule has 4 nitrogen and oxygen atoms in total. The van der Waals surface area contributed by atoms with Gasteiger partial charge in [-0.3, -0.25) is 4.79 Å². The van der Waals surface area contributed by atoms with Gasteiger partial charge >= 0.3 is 5.97 Å². The van der Waals surface area contributed by atoms with Gasteiger partial charge in [0.05, 0.1) is 0 Å². The fourth-order valence-corrected chi connectivity index (χ4v) is 2.16. The molecule has 1 aliphatic carbocycles. The topological polar surface area (TPSA) is 66.4 Å². The summed E-state index contributed by atoms with van der Waals surface area (Å²) in [5, 5.41) is 11.9. The van der Waals surface area contributed by atoms with Crippen LogP contribution in [0.4, 0.5) is 0 Å². The molecule has 0 radical (unpaired) electrons. The Morgan fingerprint density at radius 2 is 1.95 bits per heavy atom. The van der Waals surface area contributed by atoms with Gasteiger partial charge in [-0.25, -0.2) is 4.79 Å². The lowest BCUT2D eigenvalue weighted by Gasteiger charge is -2.17. The fraction of sp³-hybridized carbons (Fsp3) is 0.467. The zero-order chi connectivity index (χ0) is 13.8. The van der Waals surface area contributed by atoms with E-state index >= 15 is 0 Å². The van der Waals surface area contributed by atoms with Crippen molar-refractivity contribution in [3.05, 3.63) is 35.9 Å². The lowest BCUT2D eigenvalue weighted by Crippen LogP contribution is -2.44. The highest BCUT2D eigenvalue weighted by molar-refractivity contribution is 5.85. The molecule has 1 fully saturated rings. The Morgan fingerprint density at radius 1 is 1.32 bits per heavy atom. The van der Waals surface area contributed by atoms with Crippen molar-refractivity contribution in [3.8, 4) is 0 Å². The van der Waals surface area contributed by atoms with Crippen molar-refractivity contribution in [2.24, 2.45) is 11.8 Å². The molecule has 1 aromatic carbocycles. The van der Waals surface area contributed by atoms with E-state index in [2.05, 4.69) is 5.32 Å². The Balaban J connectivity index is 1.96. The number of benzene rings is 1. The molecule has 2 N–H and O–H groups in total. The van der Waals surface area contributed by atoms with E-state index in [1.165, 1.54) is 0 Å². The summed E-state index contributed by atoms with van der Waals surface area (Å²) in [7, 11) is 0. The van der Waals surface area contributed by atoms with E-state index < -0.39 is 12.0 Å². The van der Waals surface area contributed by atoms with Gasteiger partial charge in [0.1, 0.15) is 6.04 Å². The summed E-state index contributed by atoms with van der Waals surface area (Å²) in [6, 6.07) is 8.49. The largest absolute Gasteiger partial charge is 0.480 e. The number of carboxylic acid groups (broad SMARTS) is 1. The van der Waals surface area contributed by atoms with Crippen LogP contribution in [0.3, 0.4) is 0 Å². The molecule has 2 atom stereocenters. The summed E-state index contributed by atoms with van der Waals surface area (Å²) in [5.41, 5.74) is 0.911. The molecular formula is C15H19NO3. The third kappa shape index (κ3) is 3.81. The summed E-state index contributed by atoms with van der Waals surface area (Å²) in [5.74, 6) is -0.783. The Bertz CT molecular complexity index is 454. The molecule has 0 heterocycles. The number of aliphatic carboxylic acids is 1. The minimum atomic E-state index is -0.986. The molecule has 1 unspecified atom stereocenters. The molecule has 2 rings (SSSR count). The maximum atomic E-state index is 12.0. The average Bonchev–Trinajstić information content (AvgIpc) is 3.22. The summed E-state index contributed by atoms with van der Waals surface area (Å²) in [6.07, 6.45) is 2.47. The van der Waals surface area contributed by atoms with Crippen LogP contribution in [0.1, 0.15) is 25.3 Å². The standard InChI is InChI=1S/C15H19NO3/c1-10(12-7-8-12)14(17)16-13(15(18)19)9-11-5-3-2-4-6-11/h2-6,10,12-13H,7-9H2,1H3,(H,16,17)(H,18,19)/t10?,13-/m0/s1. The monoisotopic (exact) mass is 261 g/mol. The quantitative estimate of drug-likeness (QED) is 0.821. The molecule has 0 spiro atoms. The first-order valence-corrected chi connectivity index (χ1v) is 6.65. The minimum Gasteiger partial charge on any atom is -0.480 e. The molecule has 0 bridgehead atoms. The second-order valence-electron chi connectivity index (χ2n) is 5.22. The number of hydrogen-bond acceptors (Lipinski definition) is 2. The second kappa shape index (κ2) is 5.87. The van der Waals surface area contributed by atoms with Crippen molar-refractivity contribution in [2.45, 2.75) is 32.2 Å². The van der Waals surface area contributed by atoms with Gasteiger partial charge in [-0.15, -0.1) is 0 Å². The van der Waals surface area contributed by atoms with E-state index in [4.69, 9.17) is 0 Å². The van der Waals surface area contributed by atoms with Crippen LogP contribution in [0.2, 0.25) is 0 Å². The fourth-order valence-electron chi connectivity index (χ4n) is 2.16. The average molecular weight is 261 g/mol. The van der Waals surface area contributed by atoms with Gasteiger partial charge in [-0.1, -0.05) is 37.3 Å². The molecule has 4 heteroatoms. The van der Waals surface area contributed by atoms with Gasteiger partial charge < -0.3 is 10.4 Å².